The smallest absolute Gasteiger partial charge is 0.264 e. The molecule has 2 N–H and O–H groups in total. The fourth-order valence-corrected chi connectivity index (χ4v) is 2.39. The zero-order valence-electron chi connectivity index (χ0n) is 16.8. The summed E-state index contributed by atoms with van der Waals surface area (Å²) in [4.78, 5) is 40.9. The van der Waals surface area contributed by atoms with E-state index in [9.17, 15) is 14.4 Å². The molecule has 0 saturated heterocycles. The summed E-state index contributed by atoms with van der Waals surface area (Å²) in [6.07, 6.45) is -2.15. The molecule has 1 heterocycles. The zero-order valence-corrected chi connectivity index (χ0v) is 10.8. The maximum absolute atomic E-state index is 13.1. The Morgan fingerprint density at radius 3 is 3.05 bits per heavy atom. The van der Waals surface area contributed by atoms with Crippen molar-refractivity contribution in [2.24, 2.45) is 0 Å². The molecule has 2 aromatic rings. The third kappa shape index (κ3) is 2.12. The molecular formula is C15H15N3O3. The number of benzene rings is 1. The molecular weight excluding hydrogens is 270 g/mol. The number of rotatable bonds is 1. The Bertz CT molecular complexity index is 1050. The minimum atomic E-state index is -2.94. The van der Waals surface area contributed by atoms with Gasteiger partial charge in [0.25, 0.3) is 5.56 Å². The van der Waals surface area contributed by atoms with E-state index >= 15 is 0 Å². The Balaban J connectivity index is 2.45. The normalized spacial score (nSPS) is 27.4. The largest absolute Gasteiger partial charge is 0.398 e. The average molecular weight is 291 g/mol. The number of aromatic nitrogens is 2. The minimum Gasteiger partial charge on any atom is -0.398 e. The van der Waals surface area contributed by atoms with Crippen molar-refractivity contribution in [3.05, 3.63) is 34.3 Å². The topological polar surface area (TPSA) is 95.0 Å². The number of hydrogen-bond donors (Lipinski definition) is 1. The summed E-state index contributed by atoms with van der Waals surface area (Å²) in [6, 6.07) is -1.23. The number of Topliss-reactive ketones (excluding diaryl/α,β-unsaturated/α-hetero) is 2. The van der Waals surface area contributed by atoms with Crippen LogP contribution in [0, 0.1) is 6.85 Å². The zero-order chi connectivity index (χ0) is 20.3. The Hall–Kier alpha value is -2.50. The highest BCUT2D eigenvalue weighted by Gasteiger charge is 2.30. The SMILES string of the molecule is [2H]c1cc(N)c2c(=O)n(C3C(=O)CC(=O)CC3[2H])c(C([2H])([2H])[2H])nc2c1[2H]. The number of anilines is 1. The monoisotopic (exact) mass is 291 g/mol. The molecule has 3 rings (SSSR count). The second kappa shape index (κ2) is 4.80. The first-order valence-electron chi connectivity index (χ1n) is 9.30. The number of hydrogen-bond acceptors (Lipinski definition) is 5. The van der Waals surface area contributed by atoms with Gasteiger partial charge in [0.2, 0.25) is 0 Å². The molecule has 6 heteroatoms. The van der Waals surface area contributed by atoms with Crippen LogP contribution in [0.25, 0.3) is 10.9 Å². The first-order valence-corrected chi connectivity index (χ1v) is 6.22. The van der Waals surface area contributed by atoms with Crippen LogP contribution in [0.1, 0.15) is 39.3 Å². The van der Waals surface area contributed by atoms with E-state index in [2.05, 4.69) is 4.98 Å². The minimum absolute atomic E-state index is 0.185. The lowest BCUT2D eigenvalue weighted by molar-refractivity contribution is -0.132. The number of ketones is 2. The maximum atomic E-state index is 13.1. The van der Waals surface area contributed by atoms with Crippen LogP contribution < -0.4 is 11.3 Å². The third-order valence-electron chi connectivity index (χ3n) is 3.37. The number of carbonyl (C=O) groups excluding carboxylic acids is 2. The van der Waals surface area contributed by atoms with Crippen molar-refractivity contribution in [2.75, 3.05) is 5.73 Å². The van der Waals surface area contributed by atoms with Gasteiger partial charge in [0.1, 0.15) is 11.6 Å². The van der Waals surface area contributed by atoms with Gasteiger partial charge in [-0.2, -0.15) is 0 Å². The highest BCUT2D eigenvalue weighted by Crippen LogP contribution is 2.24. The predicted octanol–water partition coefficient (Wildman–Crippen LogP) is 1.15. The summed E-state index contributed by atoms with van der Waals surface area (Å²) in [5, 5.41) is -0.291. The first kappa shape index (κ1) is 8.07. The van der Waals surface area contributed by atoms with Gasteiger partial charge in [-0.15, -0.1) is 0 Å². The molecule has 0 radical (unpaired) electrons. The van der Waals surface area contributed by atoms with Crippen LogP contribution >= 0.6 is 0 Å². The summed E-state index contributed by atoms with van der Waals surface area (Å²) in [5.74, 6) is -1.98. The van der Waals surface area contributed by atoms with Crippen LogP contribution in [0.4, 0.5) is 5.69 Å². The molecule has 6 nitrogen and oxygen atoms in total. The van der Waals surface area contributed by atoms with Crippen LogP contribution in [0.2, 0.25) is 0 Å². The second-order valence-electron chi connectivity index (χ2n) is 4.77. The van der Waals surface area contributed by atoms with Crippen molar-refractivity contribution in [3.63, 3.8) is 0 Å². The Morgan fingerprint density at radius 1 is 1.52 bits per heavy atom. The molecule has 2 atom stereocenters. The van der Waals surface area contributed by atoms with E-state index in [0.717, 1.165) is 6.07 Å². The van der Waals surface area contributed by atoms with Crippen molar-refractivity contribution in [1.82, 2.24) is 9.55 Å². The Labute approximate surface area is 129 Å². The number of carbonyl (C=O) groups is 2. The van der Waals surface area contributed by atoms with Crippen molar-refractivity contribution < 1.29 is 17.8 Å². The third-order valence-corrected chi connectivity index (χ3v) is 3.37. The van der Waals surface area contributed by atoms with E-state index in [1.54, 1.807) is 0 Å². The lowest BCUT2D eigenvalue weighted by atomic mass is 9.92. The molecule has 1 aromatic carbocycles. The molecule has 1 aliphatic carbocycles. The van der Waals surface area contributed by atoms with Gasteiger partial charge < -0.3 is 5.73 Å². The number of nitrogens with two attached hydrogens (primary N) is 1. The van der Waals surface area contributed by atoms with E-state index in [-0.39, 0.29) is 29.1 Å². The van der Waals surface area contributed by atoms with E-state index in [1.807, 2.05) is 0 Å². The maximum Gasteiger partial charge on any atom is 0.264 e. The first-order chi connectivity index (χ1) is 12.4. The van der Waals surface area contributed by atoms with Gasteiger partial charge >= 0.3 is 0 Å². The molecule has 1 fully saturated rings. The fraction of sp³-hybridized carbons (Fsp3) is 0.333. The standard InChI is InChI=1S/C15H15N3O3/c1-8-17-11-4-2-3-10(16)14(11)15(21)18(8)12-6-5-9(19)7-13(12)20/h2-4,12H,5-7,16H2,1H3/i1D3,2D,4D,6D. The summed E-state index contributed by atoms with van der Waals surface area (Å²) >= 11 is 0. The molecule has 0 amide bonds. The molecule has 2 unspecified atom stereocenters. The predicted molar refractivity (Wildman–Crippen MR) is 78.1 cm³/mol. The van der Waals surface area contributed by atoms with Gasteiger partial charge in [0, 0.05) is 17.6 Å². The molecule has 1 aromatic heterocycles. The summed E-state index contributed by atoms with van der Waals surface area (Å²) in [5.41, 5.74) is 4.27. The molecule has 1 aliphatic rings. The number of nitrogens with zero attached hydrogens (tertiary/aromatic N) is 2. The van der Waals surface area contributed by atoms with Crippen LogP contribution in [0.15, 0.2) is 22.9 Å². The van der Waals surface area contributed by atoms with Gasteiger partial charge in [-0.25, -0.2) is 4.98 Å². The van der Waals surface area contributed by atoms with Gasteiger partial charge in [0.15, 0.2) is 5.78 Å². The van der Waals surface area contributed by atoms with E-state index in [1.165, 1.54) is 0 Å². The van der Waals surface area contributed by atoms with Gasteiger partial charge in [-0.3, -0.25) is 19.0 Å². The molecule has 0 aliphatic heterocycles. The van der Waals surface area contributed by atoms with Crippen LogP contribution in [-0.4, -0.2) is 21.1 Å². The summed E-state index contributed by atoms with van der Waals surface area (Å²) in [7, 11) is 0. The van der Waals surface area contributed by atoms with E-state index < -0.39 is 54.7 Å². The molecule has 108 valence electrons. The molecule has 21 heavy (non-hydrogen) atoms. The lowest BCUT2D eigenvalue weighted by Crippen LogP contribution is -2.36. The van der Waals surface area contributed by atoms with Crippen molar-refractivity contribution in [3.8, 4) is 0 Å². The average Bonchev–Trinajstić information content (AvgIpc) is 2.51. The van der Waals surface area contributed by atoms with Crippen molar-refractivity contribution in [2.45, 2.75) is 32.1 Å². The Morgan fingerprint density at radius 2 is 2.33 bits per heavy atom. The van der Waals surface area contributed by atoms with Crippen molar-refractivity contribution in [1.29, 1.82) is 0 Å². The van der Waals surface area contributed by atoms with E-state index in [0.29, 0.717) is 4.57 Å². The quantitative estimate of drug-likeness (QED) is 0.628. The van der Waals surface area contributed by atoms with Gasteiger partial charge in [-0.1, -0.05) is 6.04 Å². The molecule has 1 saturated carbocycles. The van der Waals surface area contributed by atoms with Crippen molar-refractivity contribution >= 4 is 28.2 Å². The fourth-order valence-electron chi connectivity index (χ4n) is 2.39. The number of aryl methyl sites for hydroxylation is 1. The summed E-state index contributed by atoms with van der Waals surface area (Å²) in [6.45, 7) is -2.94. The van der Waals surface area contributed by atoms with Crippen LogP contribution in [0.5, 0.6) is 0 Å². The number of nitrogen functional groups attached to an aromatic ring is 1. The van der Waals surface area contributed by atoms with Crippen LogP contribution in [0.3, 0.4) is 0 Å². The second-order valence-corrected chi connectivity index (χ2v) is 4.77. The van der Waals surface area contributed by atoms with Gasteiger partial charge in [-0.05, 0) is 25.4 Å². The van der Waals surface area contributed by atoms with Gasteiger partial charge in [0.05, 0.1) is 26.1 Å². The molecule has 0 spiro atoms. The Kier molecular flexibility index (Phi) is 1.84. The highest BCUT2D eigenvalue weighted by molar-refractivity contribution is 6.03. The highest BCUT2D eigenvalue weighted by atomic mass is 16.2. The molecule has 0 bridgehead atoms. The van der Waals surface area contributed by atoms with Crippen LogP contribution in [-0.2, 0) is 9.59 Å². The van der Waals surface area contributed by atoms with E-state index in [4.69, 9.17) is 14.0 Å². The lowest BCUT2D eigenvalue weighted by Gasteiger charge is -2.24. The number of fused-ring (bicyclic) bond motifs is 1. The summed E-state index contributed by atoms with van der Waals surface area (Å²) < 4.78 is 47.3.